The lowest BCUT2D eigenvalue weighted by molar-refractivity contribution is 0.543. The number of imidazole rings is 1. The number of halogens is 1. The van der Waals surface area contributed by atoms with E-state index in [9.17, 15) is 0 Å². The zero-order valence-corrected chi connectivity index (χ0v) is 13.4. The molecule has 19 heavy (non-hydrogen) atoms. The second-order valence-corrected chi connectivity index (χ2v) is 5.64. The van der Waals surface area contributed by atoms with Crippen molar-refractivity contribution < 1.29 is 0 Å². The van der Waals surface area contributed by atoms with Crippen LogP contribution in [0, 0.1) is 10.5 Å². The summed E-state index contributed by atoms with van der Waals surface area (Å²) in [7, 11) is 0. The summed E-state index contributed by atoms with van der Waals surface area (Å²) in [6, 6.07) is 6.19. The van der Waals surface area contributed by atoms with Crippen molar-refractivity contribution in [3.05, 3.63) is 51.1 Å². The highest BCUT2D eigenvalue weighted by Gasteiger charge is 2.20. The summed E-state index contributed by atoms with van der Waals surface area (Å²) in [4.78, 5) is 4.47. The maximum atomic E-state index is 5.77. The molecule has 0 bridgehead atoms. The molecule has 0 radical (unpaired) electrons. The number of hydrazine groups is 1. The second-order valence-electron chi connectivity index (χ2n) is 4.56. The Morgan fingerprint density at radius 1 is 1.47 bits per heavy atom. The molecule has 2 aromatic rings. The summed E-state index contributed by atoms with van der Waals surface area (Å²) in [6.45, 7) is 5.22. The molecule has 5 heteroatoms. The highest BCUT2D eigenvalue weighted by atomic mass is 127. The minimum atomic E-state index is -0.0756. The summed E-state index contributed by atoms with van der Waals surface area (Å²) in [6.07, 6.45) is 4.91. The Kier molecular flexibility index (Phi) is 4.95. The summed E-state index contributed by atoms with van der Waals surface area (Å²) in [5.41, 5.74) is 5.33. The van der Waals surface area contributed by atoms with E-state index in [1.54, 1.807) is 0 Å². The molecule has 0 saturated heterocycles. The smallest absolute Gasteiger partial charge is 0.131 e. The molecule has 0 saturated carbocycles. The molecule has 1 aromatic carbocycles. The van der Waals surface area contributed by atoms with Crippen molar-refractivity contribution in [2.75, 3.05) is 0 Å². The zero-order chi connectivity index (χ0) is 13.8. The number of nitrogens with zero attached hydrogens (tertiary/aromatic N) is 2. The van der Waals surface area contributed by atoms with E-state index in [2.05, 4.69) is 69.6 Å². The van der Waals surface area contributed by atoms with Gasteiger partial charge in [0.15, 0.2) is 0 Å². The molecule has 3 N–H and O–H groups in total. The first-order valence-corrected chi connectivity index (χ1v) is 7.49. The van der Waals surface area contributed by atoms with Gasteiger partial charge in [0.1, 0.15) is 11.9 Å². The first kappa shape index (κ1) is 14.5. The van der Waals surface area contributed by atoms with Crippen molar-refractivity contribution in [2.24, 2.45) is 5.84 Å². The number of nitrogens with one attached hydrogen (secondary N) is 1. The fourth-order valence-corrected chi connectivity index (χ4v) is 2.88. The SMILES string of the molecule is CCCn1ccnc1C(NN)c1cccc(C)c1I. The van der Waals surface area contributed by atoms with Crippen LogP contribution in [0.3, 0.4) is 0 Å². The maximum absolute atomic E-state index is 5.77. The Morgan fingerprint density at radius 2 is 2.26 bits per heavy atom. The largest absolute Gasteiger partial charge is 0.333 e. The molecule has 2 rings (SSSR count). The average molecular weight is 370 g/mol. The number of aromatic nitrogens is 2. The zero-order valence-electron chi connectivity index (χ0n) is 11.2. The molecule has 0 aliphatic carbocycles. The van der Waals surface area contributed by atoms with Crippen LogP contribution in [0.25, 0.3) is 0 Å². The van der Waals surface area contributed by atoms with E-state index < -0.39 is 0 Å². The summed E-state index contributed by atoms with van der Waals surface area (Å²) >= 11 is 2.37. The summed E-state index contributed by atoms with van der Waals surface area (Å²) in [5.74, 6) is 6.74. The van der Waals surface area contributed by atoms with E-state index >= 15 is 0 Å². The fourth-order valence-electron chi connectivity index (χ4n) is 2.21. The van der Waals surface area contributed by atoms with Gasteiger partial charge in [0.2, 0.25) is 0 Å². The number of nitrogens with two attached hydrogens (primary N) is 1. The molecule has 4 nitrogen and oxygen atoms in total. The number of benzene rings is 1. The number of hydrogen-bond donors (Lipinski definition) is 2. The van der Waals surface area contributed by atoms with E-state index in [0.717, 1.165) is 18.8 Å². The molecule has 102 valence electrons. The number of rotatable bonds is 5. The third-order valence-electron chi connectivity index (χ3n) is 3.17. The Balaban J connectivity index is 2.44. The van der Waals surface area contributed by atoms with Gasteiger partial charge in [-0.15, -0.1) is 0 Å². The Hall–Kier alpha value is -0.920. The Labute approximate surface area is 127 Å². The van der Waals surface area contributed by atoms with Crippen molar-refractivity contribution in [1.82, 2.24) is 15.0 Å². The molecule has 1 heterocycles. The summed E-state index contributed by atoms with van der Waals surface area (Å²) in [5, 5.41) is 0. The fraction of sp³-hybridized carbons (Fsp3) is 0.357. The van der Waals surface area contributed by atoms with Gasteiger partial charge in [-0.05, 0) is 47.1 Å². The minimum Gasteiger partial charge on any atom is -0.333 e. The van der Waals surface area contributed by atoms with Crippen LogP contribution in [0.4, 0.5) is 0 Å². The van der Waals surface area contributed by atoms with Gasteiger partial charge in [0.25, 0.3) is 0 Å². The summed E-state index contributed by atoms with van der Waals surface area (Å²) < 4.78 is 3.39. The third-order valence-corrected chi connectivity index (χ3v) is 4.64. The van der Waals surface area contributed by atoms with Gasteiger partial charge in [-0.1, -0.05) is 25.1 Å². The van der Waals surface area contributed by atoms with E-state index in [1.807, 2.05) is 12.4 Å². The molecule has 1 aromatic heterocycles. The topological polar surface area (TPSA) is 55.9 Å². The molecular weight excluding hydrogens is 351 g/mol. The van der Waals surface area contributed by atoms with Gasteiger partial charge in [-0.2, -0.15) is 0 Å². The van der Waals surface area contributed by atoms with Gasteiger partial charge in [0.05, 0.1) is 0 Å². The highest BCUT2D eigenvalue weighted by Crippen LogP contribution is 2.26. The van der Waals surface area contributed by atoms with Crippen LogP contribution >= 0.6 is 22.6 Å². The lowest BCUT2D eigenvalue weighted by atomic mass is 10.0. The van der Waals surface area contributed by atoms with Crippen molar-refractivity contribution in [3.8, 4) is 0 Å². The van der Waals surface area contributed by atoms with Crippen molar-refractivity contribution in [2.45, 2.75) is 32.9 Å². The lowest BCUT2D eigenvalue weighted by Gasteiger charge is -2.19. The molecule has 1 atom stereocenters. The van der Waals surface area contributed by atoms with Crippen LogP contribution < -0.4 is 11.3 Å². The maximum Gasteiger partial charge on any atom is 0.131 e. The van der Waals surface area contributed by atoms with Gasteiger partial charge in [-0.25, -0.2) is 10.4 Å². The molecule has 1 unspecified atom stereocenters. The van der Waals surface area contributed by atoms with E-state index in [4.69, 9.17) is 5.84 Å². The lowest BCUT2D eigenvalue weighted by Crippen LogP contribution is -2.31. The van der Waals surface area contributed by atoms with E-state index in [1.165, 1.54) is 14.7 Å². The van der Waals surface area contributed by atoms with Crippen LogP contribution in [-0.2, 0) is 6.54 Å². The van der Waals surface area contributed by atoms with Gasteiger partial charge in [0, 0.05) is 22.5 Å². The molecule has 0 amide bonds. The predicted octanol–water partition coefficient (Wildman–Crippen LogP) is 2.76. The van der Waals surface area contributed by atoms with Crippen LogP contribution in [0.2, 0.25) is 0 Å². The molecule has 0 fully saturated rings. The van der Waals surface area contributed by atoms with Crippen LogP contribution in [-0.4, -0.2) is 9.55 Å². The van der Waals surface area contributed by atoms with Crippen LogP contribution in [0.1, 0.15) is 36.3 Å². The van der Waals surface area contributed by atoms with E-state index in [0.29, 0.717) is 0 Å². The molecule has 0 aliphatic heterocycles. The van der Waals surface area contributed by atoms with Gasteiger partial charge in [-0.3, -0.25) is 5.84 Å². The van der Waals surface area contributed by atoms with Crippen molar-refractivity contribution >= 4 is 22.6 Å². The Bertz CT molecular complexity index is 550. The van der Waals surface area contributed by atoms with Crippen LogP contribution in [0.15, 0.2) is 30.6 Å². The standard InChI is InChI=1S/C14H19IN4/c1-3-8-19-9-7-17-14(19)13(18-16)11-6-4-5-10(2)12(11)15/h4-7,9,13,18H,3,8,16H2,1-2H3. The molecule has 0 spiro atoms. The second kappa shape index (κ2) is 6.49. The normalized spacial score (nSPS) is 12.6. The number of aryl methyl sites for hydroxylation is 2. The van der Waals surface area contributed by atoms with Gasteiger partial charge < -0.3 is 4.57 Å². The monoisotopic (exact) mass is 370 g/mol. The van der Waals surface area contributed by atoms with Gasteiger partial charge >= 0.3 is 0 Å². The Morgan fingerprint density at radius 3 is 2.95 bits per heavy atom. The third kappa shape index (κ3) is 2.98. The molecule has 0 aliphatic rings. The first-order valence-electron chi connectivity index (χ1n) is 6.41. The minimum absolute atomic E-state index is 0.0756. The highest BCUT2D eigenvalue weighted by molar-refractivity contribution is 14.1. The molecular formula is C14H19IN4. The average Bonchev–Trinajstić information content (AvgIpc) is 2.84. The van der Waals surface area contributed by atoms with Crippen LogP contribution in [0.5, 0.6) is 0 Å². The number of hydrogen-bond acceptors (Lipinski definition) is 3. The predicted molar refractivity (Wildman–Crippen MR) is 85.6 cm³/mol. The quantitative estimate of drug-likeness (QED) is 0.484. The van der Waals surface area contributed by atoms with Crippen molar-refractivity contribution in [1.29, 1.82) is 0 Å². The first-order chi connectivity index (χ1) is 9.19. The van der Waals surface area contributed by atoms with Crippen molar-refractivity contribution in [3.63, 3.8) is 0 Å². The van der Waals surface area contributed by atoms with E-state index in [-0.39, 0.29) is 6.04 Å².